The Morgan fingerprint density at radius 1 is 1.46 bits per heavy atom. The molecular formula is C15H14N8O. The van der Waals surface area contributed by atoms with Gasteiger partial charge < -0.3 is 15.2 Å². The Kier molecular flexibility index (Phi) is 3.42. The minimum Gasteiger partial charge on any atom is -0.354 e. The summed E-state index contributed by atoms with van der Waals surface area (Å²) in [7, 11) is 0. The van der Waals surface area contributed by atoms with E-state index in [-0.39, 0.29) is 18.4 Å². The molecule has 1 atom stereocenters. The van der Waals surface area contributed by atoms with Crippen molar-refractivity contribution in [2.75, 3.05) is 18.0 Å². The summed E-state index contributed by atoms with van der Waals surface area (Å²) < 4.78 is 0. The van der Waals surface area contributed by atoms with Crippen molar-refractivity contribution < 1.29 is 4.79 Å². The molecule has 4 heterocycles. The highest BCUT2D eigenvalue weighted by Gasteiger charge is 2.27. The first-order valence-electron chi connectivity index (χ1n) is 7.62. The van der Waals surface area contributed by atoms with Gasteiger partial charge in [0.15, 0.2) is 11.3 Å². The van der Waals surface area contributed by atoms with Gasteiger partial charge in [0, 0.05) is 30.7 Å². The van der Waals surface area contributed by atoms with E-state index >= 15 is 0 Å². The first-order valence-corrected chi connectivity index (χ1v) is 7.62. The highest BCUT2D eigenvalue weighted by Crippen LogP contribution is 2.30. The van der Waals surface area contributed by atoms with E-state index in [0.717, 1.165) is 29.6 Å². The third kappa shape index (κ3) is 2.38. The van der Waals surface area contributed by atoms with Gasteiger partial charge in [0.25, 0.3) is 0 Å². The van der Waals surface area contributed by atoms with Crippen LogP contribution >= 0.6 is 0 Å². The Morgan fingerprint density at radius 3 is 3.25 bits per heavy atom. The number of H-pyrrole nitrogens is 1. The van der Waals surface area contributed by atoms with Crippen molar-refractivity contribution in [1.29, 1.82) is 5.26 Å². The standard InChI is InChI=1S/C15H14N8O/c16-4-1-11(24)20-9-3-6-23(7-9)15-12-10-2-5-17-13(10)21-22-14(12)18-8-19-15/h2,5,8-9H,1,3,6-7H2,(H,17,21)(H,20,24). The van der Waals surface area contributed by atoms with Gasteiger partial charge in [0.2, 0.25) is 5.91 Å². The molecule has 3 aromatic heterocycles. The van der Waals surface area contributed by atoms with Crippen LogP contribution in [0.25, 0.3) is 22.1 Å². The number of aromatic amines is 1. The monoisotopic (exact) mass is 322 g/mol. The van der Waals surface area contributed by atoms with Gasteiger partial charge in [-0.05, 0) is 12.5 Å². The molecule has 0 aliphatic carbocycles. The Bertz CT molecular complexity index is 959. The average molecular weight is 322 g/mol. The number of anilines is 1. The largest absolute Gasteiger partial charge is 0.354 e. The predicted molar refractivity (Wildman–Crippen MR) is 86.0 cm³/mol. The van der Waals surface area contributed by atoms with Crippen LogP contribution in [-0.4, -0.2) is 50.2 Å². The summed E-state index contributed by atoms with van der Waals surface area (Å²) in [5, 5.41) is 21.5. The molecule has 9 nitrogen and oxygen atoms in total. The van der Waals surface area contributed by atoms with Crippen LogP contribution in [0.4, 0.5) is 5.82 Å². The smallest absolute Gasteiger partial charge is 0.234 e. The number of aromatic nitrogens is 5. The number of carbonyl (C=O) groups is 1. The summed E-state index contributed by atoms with van der Waals surface area (Å²) in [5.74, 6) is 0.548. The minimum atomic E-state index is -0.240. The molecule has 2 N–H and O–H groups in total. The summed E-state index contributed by atoms with van der Waals surface area (Å²) in [6.07, 6.45) is 3.97. The lowest BCUT2D eigenvalue weighted by Gasteiger charge is -2.19. The first kappa shape index (κ1) is 14.3. The molecule has 120 valence electrons. The van der Waals surface area contributed by atoms with E-state index in [2.05, 4.69) is 35.4 Å². The molecule has 9 heteroatoms. The van der Waals surface area contributed by atoms with E-state index in [1.807, 2.05) is 18.3 Å². The van der Waals surface area contributed by atoms with Crippen LogP contribution in [0.1, 0.15) is 12.8 Å². The van der Waals surface area contributed by atoms with Gasteiger partial charge >= 0.3 is 0 Å². The van der Waals surface area contributed by atoms with Gasteiger partial charge in [-0.2, -0.15) is 5.26 Å². The lowest BCUT2D eigenvalue weighted by molar-refractivity contribution is -0.120. The lowest BCUT2D eigenvalue weighted by Crippen LogP contribution is -2.37. The van der Waals surface area contributed by atoms with Crippen LogP contribution in [0.15, 0.2) is 18.6 Å². The van der Waals surface area contributed by atoms with Crippen LogP contribution in [0, 0.1) is 11.3 Å². The molecule has 1 unspecified atom stereocenters. The Balaban J connectivity index is 1.67. The van der Waals surface area contributed by atoms with E-state index < -0.39 is 0 Å². The van der Waals surface area contributed by atoms with Crippen LogP contribution in [0.2, 0.25) is 0 Å². The molecule has 0 radical (unpaired) electrons. The number of nitrogens with one attached hydrogen (secondary N) is 2. The third-order valence-corrected chi connectivity index (χ3v) is 4.14. The summed E-state index contributed by atoms with van der Waals surface area (Å²) in [5.41, 5.74) is 1.24. The van der Waals surface area contributed by atoms with Crippen molar-refractivity contribution in [1.82, 2.24) is 30.5 Å². The van der Waals surface area contributed by atoms with Gasteiger partial charge in [-0.1, -0.05) is 0 Å². The minimum absolute atomic E-state index is 0.00683. The number of fused-ring (bicyclic) bond motifs is 3. The lowest BCUT2D eigenvalue weighted by atomic mass is 10.2. The molecule has 1 fully saturated rings. The predicted octanol–water partition coefficient (Wildman–Crippen LogP) is 0.510. The zero-order valence-corrected chi connectivity index (χ0v) is 12.7. The fourth-order valence-corrected chi connectivity index (χ4v) is 3.09. The van der Waals surface area contributed by atoms with Crippen molar-refractivity contribution in [2.24, 2.45) is 0 Å². The number of rotatable bonds is 3. The van der Waals surface area contributed by atoms with E-state index in [0.29, 0.717) is 17.8 Å². The number of hydrogen-bond donors (Lipinski definition) is 2. The van der Waals surface area contributed by atoms with Gasteiger partial charge in [-0.25, -0.2) is 9.97 Å². The maximum atomic E-state index is 11.6. The van der Waals surface area contributed by atoms with Crippen LogP contribution < -0.4 is 10.2 Å². The summed E-state index contributed by atoms with van der Waals surface area (Å²) >= 11 is 0. The zero-order chi connectivity index (χ0) is 16.5. The van der Waals surface area contributed by atoms with Crippen molar-refractivity contribution >= 4 is 33.8 Å². The number of nitriles is 1. The van der Waals surface area contributed by atoms with Crippen molar-refractivity contribution in [3.05, 3.63) is 18.6 Å². The number of amides is 1. The van der Waals surface area contributed by atoms with Crippen molar-refractivity contribution in [3.63, 3.8) is 0 Å². The van der Waals surface area contributed by atoms with E-state index in [4.69, 9.17) is 5.26 Å². The van der Waals surface area contributed by atoms with E-state index in [9.17, 15) is 4.79 Å². The van der Waals surface area contributed by atoms with Crippen LogP contribution in [0.5, 0.6) is 0 Å². The Labute approximate surface area is 136 Å². The van der Waals surface area contributed by atoms with Gasteiger partial charge in [-0.3, -0.25) is 4.79 Å². The van der Waals surface area contributed by atoms with Crippen LogP contribution in [0.3, 0.4) is 0 Å². The Morgan fingerprint density at radius 2 is 2.38 bits per heavy atom. The quantitative estimate of drug-likeness (QED) is 0.720. The molecule has 3 aromatic rings. The number of nitrogens with zero attached hydrogens (tertiary/aromatic N) is 6. The average Bonchev–Trinajstić information content (AvgIpc) is 3.23. The van der Waals surface area contributed by atoms with Crippen LogP contribution in [-0.2, 0) is 4.79 Å². The molecule has 1 aliphatic heterocycles. The normalized spacial score (nSPS) is 17.3. The molecule has 1 amide bonds. The highest BCUT2D eigenvalue weighted by atomic mass is 16.1. The second kappa shape index (κ2) is 5.73. The first-order chi connectivity index (χ1) is 11.8. The van der Waals surface area contributed by atoms with E-state index in [1.165, 1.54) is 6.33 Å². The SMILES string of the molecule is N#CCC(=O)NC1CCN(c2ncnc3nnc4[nH]ccc4c23)C1. The highest BCUT2D eigenvalue weighted by molar-refractivity contribution is 6.07. The topological polar surface area (TPSA) is 123 Å². The molecule has 1 aliphatic rings. The molecule has 4 rings (SSSR count). The molecule has 0 bridgehead atoms. The molecular weight excluding hydrogens is 308 g/mol. The fraction of sp³-hybridized carbons (Fsp3) is 0.333. The van der Waals surface area contributed by atoms with Gasteiger partial charge in [-0.15, -0.1) is 10.2 Å². The van der Waals surface area contributed by atoms with Gasteiger partial charge in [0.05, 0.1) is 11.5 Å². The summed E-state index contributed by atoms with van der Waals surface area (Å²) in [4.78, 5) is 25.4. The Hall–Kier alpha value is -3.28. The second-order valence-corrected chi connectivity index (χ2v) is 5.67. The summed E-state index contributed by atoms with van der Waals surface area (Å²) in [6.45, 7) is 1.40. The molecule has 0 spiro atoms. The van der Waals surface area contributed by atoms with Gasteiger partial charge in [0.1, 0.15) is 18.6 Å². The molecule has 24 heavy (non-hydrogen) atoms. The maximum Gasteiger partial charge on any atom is 0.234 e. The zero-order valence-electron chi connectivity index (χ0n) is 12.7. The molecule has 0 aromatic carbocycles. The van der Waals surface area contributed by atoms with Crippen molar-refractivity contribution in [3.8, 4) is 6.07 Å². The van der Waals surface area contributed by atoms with Crippen molar-refractivity contribution in [2.45, 2.75) is 18.9 Å². The second-order valence-electron chi connectivity index (χ2n) is 5.67. The third-order valence-electron chi connectivity index (χ3n) is 4.14. The fourth-order valence-electron chi connectivity index (χ4n) is 3.09. The number of carbonyl (C=O) groups excluding carboxylic acids is 1. The molecule has 1 saturated heterocycles. The molecule has 0 saturated carbocycles. The van der Waals surface area contributed by atoms with E-state index in [1.54, 1.807) is 0 Å². The number of hydrogen-bond acceptors (Lipinski definition) is 7. The maximum absolute atomic E-state index is 11.6. The summed E-state index contributed by atoms with van der Waals surface area (Å²) in [6, 6.07) is 3.80.